The van der Waals surface area contributed by atoms with E-state index in [9.17, 15) is 10.2 Å². The summed E-state index contributed by atoms with van der Waals surface area (Å²) in [6.07, 6.45) is 12.3. The molecule has 0 aromatic heterocycles. The van der Waals surface area contributed by atoms with E-state index in [-0.39, 0.29) is 0 Å². The number of aliphatic hydroxyl groups excluding tert-OH is 1. The Morgan fingerprint density at radius 3 is 2.06 bits per heavy atom. The van der Waals surface area contributed by atoms with E-state index >= 15 is 0 Å². The minimum Gasteiger partial charge on any atom is -0.365 e. The Hall–Kier alpha value is -0.340. The van der Waals surface area contributed by atoms with Crippen LogP contribution >= 0.6 is 0 Å². The highest BCUT2D eigenvalue weighted by Gasteiger charge is 2.05. The molecule has 0 unspecified atom stereocenters. The Labute approximate surface area is 107 Å². The first-order valence-electron chi connectivity index (χ1n) is 7.27. The molecule has 17 heavy (non-hydrogen) atoms. The number of allylic oxidation sites excluding steroid dienone is 1. The van der Waals surface area contributed by atoms with Crippen molar-refractivity contribution in [3.05, 3.63) is 11.6 Å². The van der Waals surface area contributed by atoms with E-state index in [0.717, 1.165) is 31.3 Å². The summed E-state index contributed by atoms with van der Waals surface area (Å²) in [6.45, 7) is 4.38. The molecule has 2 N–H and O–H groups in total. The Kier molecular flexibility index (Phi) is 11.9. The molecule has 0 aliphatic rings. The zero-order valence-electron chi connectivity index (χ0n) is 11.6. The van der Waals surface area contributed by atoms with Crippen LogP contribution < -0.4 is 0 Å². The fraction of sp³-hybridized carbons (Fsp3) is 0.867. The summed E-state index contributed by atoms with van der Waals surface area (Å²) in [5.41, 5.74) is 0.817. The lowest BCUT2D eigenvalue weighted by molar-refractivity contribution is -0.0107. The molecule has 0 aliphatic heterocycles. The monoisotopic (exact) mass is 242 g/mol. The van der Waals surface area contributed by atoms with Crippen LogP contribution in [0.3, 0.4) is 0 Å². The molecule has 0 bridgehead atoms. The second-order valence-electron chi connectivity index (χ2n) is 4.81. The van der Waals surface area contributed by atoms with Gasteiger partial charge < -0.3 is 10.2 Å². The van der Waals surface area contributed by atoms with Crippen molar-refractivity contribution in [1.29, 1.82) is 0 Å². The van der Waals surface area contributed by atoms with Gasteiger partial charge in [-0.05, 0) is 31.3 Å². The average molecular weight is 242 g/mol. The summed E-state index contributed by atoms with van der Waals surface area (Å²) in [7, 11) is 0. The van der Waals surface area contributed by atoms with Crippen LogP contribution in [0.15, 0.2) is 11.6 Å². The van der Waals surface area contributed by atoms with E-state index in [1.54, 1.807) is 0 Å². The molecule has 0 heterocycles. The van der Waals surface area contributed by atoms with Crippen molar-refractivity contribution in [2.75, 3.05) is 0 Å². The van der Waals surface area contributed by atoms with Crippen LogP contribution in [-0.2, 0) is 0 Å². The predicted molar refractivity (Wildman–Crippen MR) is 73.8 cm³/mol. The molecule has 0 aliphatic carbocycles. The van der Waals surface area contributed by atoms with Crippen LogP contribution in [0.4, 0.5) is 0 Å². The highest BCUT2D eigenvalue weighted by molar-refractivity contribution is 5.04. The summed E-state index contributed by atoms with van der Waals surface area (Å²) < 4.78 is 0. The van der Waals surface area contributed by atoms with E-state index in [1.165, 1.54) is 38.5 Å². The molecule has 0 aromatic rings. The van der Waals surface area contributed by atoms with Gasteiger partial charge in [-0.3, -0.25) is 0 Å². The Bertz CT molecular complexity index is 185. The van der Waals surface area contributed by atoms with Crippen LogP contribution in [-0.4, -0.2) is 16.5 Å². The van der Waals surface area contributed by atoms with Crippen LogP contribution in [0.5, 0.6) is 0 Å². The van der Waals surface area contributed by atoms with Crippen molar-refractivity contribution < 1.29 is 10.2 Å². The number of hydrogen-bond donors (Lipinski definition) is 2. The molecule has 2 heteroatoms. The normalized spacial score (nSPS) is 12.4. The molecule has 0 aromatic carbocycles. The molecule has 102 valence electrons. The van der Waals surface area contributed by atoms with Gasteiger partial charge in [-0.1, -0.05) is 58.4 Å². The van der Waals surface area contributed by atoms with Crippen molar-refractivity contribution in [3.63, 3.8) is 0 Å². The molecular formula is C15H30O2. The largest absolute Gasteiger partial charge is 0.365 e. The Balaban J connectivity index is 3.73. The summed E-state index contributed by atoms with van der Waals surface area (Å²) in [5.74, 6) is 0. The summed E-state index contributed by atoms with van der Waals surface area (Å²) >= 11 is 0. The van der Waals surface area contributed by atoms with Crippen LogP contribution in [0.2, 0.25) is 0 Å². The van der Waals surface area contributed by atoms with E-state index in [2.05, 4.69) is 13.8 Å². The van der Waals surface area contributed by atoms with Crippen LogP contribution in [0.25, 0.3) is 0 Å². The zero-order valence-corrected chi connectivity index (χ0v) is 11.6. The Morgan fingerprint density at radius 2 is 1.47 bits per heavy atom. The van der Waals surface area contributed by atoms with Gasteiger partial charge in [0.2, 0.25) is 0 Å². The quantitative estimate of drug-likeness (QED) is 0.324. The molecule has 0 saturated heterocycles. The standard InChI is InChI=1S/C15H30O2/c1-3-5-7-9-11-13-14(15(16)17)12-10-8-6-4-2/h12,15-17H,3-11,13H2,1-2H3. The lowest BCUT2D eigenvalue weighted by Gasteiger charge is -2.09. The van der Waals surface area contributed by atoms with Gasteiger partial charge >= 0.3 is 0 Å². The van der Waals surface area contributed by atoms with E-state index in [0.29, 0.717) is 0 Å². The maximum Gasteiger partial charge on any atom is 0.174 e. The molecule has 2 nitrogen and oxygen atoms in total. The highest BCUT2D eigenvalue weighted by Crippen LogP contribution is 2.15. The molecular weight excluding hydrogens is 212 g/mol. The van der Waals surface area contributed by atoms with Gasteiger partial charge in [-0.15, -0.1) is 0 Å². The van der Waals surface area contributed by atoms with Crippen molar-refractivity contribution in [1.82, 2.24) is 0 Å². The minimum atomic E-state index is -1.25. The third-order valence-electron chi connectivity index (χ3n) is 3.11. The van der Waals surface area contributed by atoms with Gasteiger partial charge in [-0.25, -0.2) is 0 Å². The lowest BCUT2D eigenvalue weighted by atomic mass is 10.0. The second-order valence-corrected chi connectivity index (χ2v) is 4.81. The molecule has 0 amide bonds. The van der Waals surface area contributed by atoms with E-state index in [4.69, 9.17) is 0 Å². The van der Waals surface area contributed by atoms with Crippen molar-refractivity contribution in [3.8, 4) is 0 Å². The summed E-state index contributed by atoms with van der Waals surface area (Å²) in [6, 6.07) is 0. The molecule has 0 spiro atoms. The SMILES string of the molecule is CCCCCC=C(CCCCCCC)C(O)O. The predicted octanol–water partition coefficient (Wildman–Crippen LogP) is 4.16. The molecule has 0 rings (SSSR count). The average Bonchev–Trinajstić information content (AvgIpc) is 2.31. The maximum absolute atomic E-state index is 9.26. The second kappa shape index (κ2) is 12.1. The fourth-order valence-corrected chi connectivity index (χ4v) is 1.95. The summed E-state index contributed by atoms with van der Waals surface area (Å²) in [4.78, 5) is 0. The number of unbranched alkanes of at least 4 members (excludes halogenated alkanes) is 7. The number of rotatable bonds is 11. The molecule has 0 atom stereocenters. The maximum atomic E-state index is 9.26. The Morgan fingerprint density at radius 1 is 0.882 bits per heavy atom. The van der Waals surface area contributed by atoms with Crippen molar-refractivity contribution in [2.45, 2.75) is 84.3 Å². The fourth-order valence-electron chi connectivity index (χ4n) is 1.95. The smallest absolute Gasteiger partial charge is 0.174 e. The van der Waals surface area contributed by atoms with Crippen molar-refractivity contribution in [2.24, 2.45) is 0 Å². The first-order chi connectivity index (χ1) is 8.22. The van der Waals surface area contributed by atoms with Gasteiger partial charge in [0, 0.05) is 0 Å². The number of hydrogen-bond acceptors (Lipinski definition) is 2. The topological polar surface area (TPSA) is 40.5 Å². The van der Waals surface area contributed by atoms with Crippen LogP contribution in [0, 0.1) is 0 Å². The first-order valence-corrected chi connectivity index (χ1v) is 7.27. The van der Waals surface area contributed by atoms with Gasteiger partial charge in [0.1, 0.15) is 0 Å². The third-order valence-corrected chi connectivity index (χ3v) is 3.11. The zero-order chi connectivity index (χ0) is 12.9. The molecule has 0 radical (unpaired) electrons. The lowest BCUT2D eigenvalue weighted by Crippen LogP contribution is -2.08. The summed E-state index contributed by atoms with van der Waals surface area (Å²) in [5, 5.41) is 18.5. The minimum absolute atomic E-state index is 0.817. The van der Waals surface area contributed by atoms with Gasteiger partial charge in [-0.2, -0.15) is 0 Å². The molecule has 0 saturated carbocycles. The third kappa shape index (κ3) is 10.5. The van der Waals surface area contributed by atoms with Gasteiger partial charge in [0.15, 0.2) is 6.29 Å². The van der Waals surface area contributed by atoms with Crippen LogP contribution in [0.1, 0.15) is 78.1 Å². The highest BCUT2D eigenvalue weighted by atomic mass is 16.5. The van der Waals surface area contributed by atoms with Gasteiger partial charge in [0.05, 0.1) is 0 Å². The number of aliphatic hydroxyl groups is 2. The van der Waals surface area contributed by atoms with E-state index < -0.39 is 6.29 Å². The van der Waals surface area contributed by atoms with Crippen molar-refractivity contribution >= 4 is 0 Å². The van der Waals surface area contributed by atoms with Gasteiger partial charge in [0.25, 0.3) is 0 Å². The molecule has 0 fully saturated rings. The van der Waals surface area contributed by atoms with E-state index in [1.807, 2.05) is 6.08 Å². The first kappa shape index (κ1) is 16.7.